The average Bonchev–Trinajstić information content (AvgIpc) is 3.27. The number of benzene rings is 1. The van der Waals surface area contributed by atoms with Crippen LogP contribution in [0, 0.1) is 5.92 Å². The van der Waals surface area contributed by atoms with Crippen LogP contribution < -0.4 is 22.1 Å². The highest BCUT2D eigenvalue weighted by Gasteiger charge is 2.39. The van der Waals surface area contributed by atoms with E-state index < -0.39 is 60.2 Å². The maximum absolute atomic E-state index is 13.3. The standard InChI is InChI=1S/C24H35N5O6/c1-14(2)11-16(25)21(31)27-17(13-20(26)30)23(33)29-10-6-9-19(29)22(32)28-18(24(34)35)12-15-7-4-3-5-8-15/h3-5,7-8,14,16-19H,6,9-13,25H2,1-2H3,(H2,26,30)(H,27,31)(H,28,32)(H,34,35). The Kier molecular flexibility index (Phi) is 10.2. The Morgan fingerprint density at radius 3 is 2.31 bits per heavy atom. The summed E-state index contributed by atoms with van der Waals surface area (Å²) in [6, 6.07) is 4.60. The maximum atomic E-state index is 13.3. The normalized spacial score (nSPS) is 17.9. The SMILES string of the molecule is CC(C)CC(N)C(=O)NC(CC(N)=O)C(=O)N1CCCC1C(=O)NC(Cc1ccccc1)C(=O)O. The molecule has 1 aliphatic heterocycles. The summed E-state index contributed by atoms with van der Waals surface area (Å²) in [5.74, 6) is -3.69. The fourth-order valence-corrected chi connectivity index (χ4v) is 4.12. The zero-order valence-electron chi connectivity index (χ0n) is 20.1. The first kappa shape index (κ1) is 27.8. The molecule has 4 atom stereocenters. The molecule has 2 rings (SSSR count). The fourth-order valence-electron chi connectivity index (χ4n) is 4.12. The first-order valence-electron chi connectivity index (χ1n) is 11.7. The molecule has 1 aromatic carbocycles. The predicted molar refractivity (Wildman–Crippen MR) is 128 cm³/mol. The van der Waals surface area contributed by atoms with Crippen LogP contribution in [0.3, 0.4) is 0 Å². The van der Waals surface area contributed by atoms with Crippen LogP contribution in [0.2, 0.25) is 0 Å². The second-order valence-electron chi connectivity index (χ2n) is 9.25. The molecule has 192 valence electrons. The lowest BCUT2D eigenvalue weighted by Crippen LogP contribution is -2.57. The van der Waals surface area contributed by atoms with E-state index in [9.17, 15) is 29.1 Å². The number of nitrogens with two attached hydrogens (primary N) is 2. The van der Waals surface area contributed by atoms with Gasteiger partial charge in [-0.25, -0.2) is 4.79 Å². The summed E-state index contributed by atoms with van der Waals surface area (Å²) < 4.78 is 0. The third-order valence-electron chi connectivity index (χ3n) is 5.82. The second-order valence-corrected chi connectivity index (χ2v) is 9.25. The van der Waals surface area contributed by atoms with Gasteiger partial charge in [0.2, 0.25) is 23.6 Å². The van der Waals surface area contributed by atoms with Crippen molar-refractivity contribution < 1.29 is 29.1 Å². The minimum Gasteiger partial charge on any atom is -0.480 e. The minimum atomic E-state index is -1.27. The zero-order valence-corrected chi connectivity index (χ0v) is 20.1. The number of hydrogen-bond acceptors (Lipinski definition) is 6. The molecule has 4 amide bonds. The van der Waals surface area contributed by atoms with Gasteiger partial charge in [0.05, 0.1) is 12.5 Å². The van der Waals surface area contributed by atoms with Gasteiger partial charge in [-0.2, -0.15) is 0 Å². The van der Waals surface area contributed by atoms with E-state index in [0.717, 1.165) is 5.56 Å². The van der Waals surface area contributed by atoms with Crippen molar-refractivity contribution in [1.29, 1.82) is 0 Å². The summed E-state index contributed by atoms with van der Waals surface area (Å²) in [4.78, 5) is 63.4. The van der Waals surface area contributed by atoms with Crippen molar-refractivity contribution in [3.05, 3.63) is 35.9 Å². The molecule has 7 N–H and O–H groups in total. The molecule has 0 aliphatic carbocycles. The Balaban J connectivity index is 2.12. The first-order chi connectivity index (χ1) is 16.5. The summed E-state index contributed by atoms with van der Waals surface area (Å²) in [6.07, 6.45) is 0.839. The molecule has 1 aromatic rings. The zero-order chi connectivity index (χ0) is 26.1. The number of rotatable bonds is 12. The Bertz CT molecular complexity index is 922. The number of carbonyl (C=O) groups excluding carboxylic acids is 4. The van der Waals surface area contributed by atoms with Crippen molar-refractivity contribution in [3.63, 3.8) is 0 Å². The number of carboxylic acid groups (broad SMARTS) is 1. The molecule has 0 aromatic heterocycles. The van der Waals surface area contributed by atoms with Crippen LogP contribution >= 0.6 is 0 Å². The molecular weight excluding hydrogens is 454 g/mol. The van der Waals surface area contributed by atoms with Crippen molar-refractivity contribution in [2.24, 2.45) is 17.4 Å². The van der Waals surface area contributed by atoms with E-state index in [1.54, 1.807) is 30.3 Å². The Hall–Kier alpha value is -3.47. The maximum Gasteiger partial charge on any atom is 0.326 e. The van der Waals surface area contributed by atoms with E-state index in [1.165, 1.54) is 4.90 Å². The molecule has 11 nitrogen and oxygen atoms in total. The van der Waals surface area contributed by atoms with Crippen LogP contribution in [0.25, 0.3) is 0 Å². The molecule has 0 radical (unpaired) electrons. The predicted octanol–water partition coefficient (Wildman–Crippen LogP) is -0.477. The van der Waals surface area contributed by atoms with Gasteiger partial charge in [-0.3, -0.25) is 19.2 Å². The fraction of sp³-hybridized carbons (Fsp3) is 0.542. The van der Waals surface area contributed by atoms with Gasteiger partial charge in [0, 0.05) is 13.0 Å². The third kappa shape index (κ3) is 8.36. The number of primary amides is 1. The highest BCUT2D eigenvalue weighted by molar-refractivity contribution is 5.96. The van der Waals surface area contributed by atoms with Gasteiger partial charge in [-0.05, 0) is 30.7 Å². The molecule has 35 heavy (non-hydrogen) atoms. The smallest absolute Gasteiger partial charge is 0.326 e. The highest BCUT2D eigenvalue weighted by Crippen LogP contribution is 2.20. The summed E-state index contributed by atoms with van der Waals surface area (Å²) in [5.41, 5.74) is 11.9. The van der Waals surface area contributed by atoms with E-state index in [-0.39, 0.29) is 18.9 Å². The van der Waals surface area contributed by atoms with Gasteiger partial charge < -0.3 is 32.1 Å². The number of amides is 4. The molecule has 1 heterocycles. The van der Waals surface area contributed by atoms with Crippen molar-refractivity contribution in [2.75, 3.05) is 6.54 Å². The molecule has 1 aliphatic rings. The van der Waals surface area contributed by atoms with Crippen molar-refractivity contribution in [2.45, 2.75) is 70.1 Å². The Morgan fingerprint density at radius 1 is 1.09 bits per heavy atom. The van der Waals surface area contributed by atoms with E-state index in [0.29, 0.717) is 19.3 Å². The van der Waals surface area contributed by atoms with E-state index >= 15 is 0 Å². The third-order valence-corrected chi connectivity index (χ3v) is 5.82. The van der Waals surface area contributed by atoms with Gasteiger partial charge in [0.15, 0.2) is 0 Å². The summed E-state index contributed by atoms with van der Waals surface area (Å²) in [5, 5.41) is 14.6. The van der Waals surface area contributed by atoms with Crippen LogP contribution in [-0.2, 0) is 30.4 Å². The number of carboxylic acids is 1. The van der Waals surface area contributed by atoms with Crippen LogP contribution in [0.5, 0.6) is 0 Å². The van der Waals surface area contributed by atoms with Gasteiger partial charge >= 0.3 is 5.97 Å². The average molecular weight is 490 g/mol. The number of nitrogens with zero attached hydrogens (tertiary/aromatic N) is 1. The molecule has 0 spiro atoms. The molecule has 1 saturated heterocycles. The Labute approximate surface area is 204 Å². The number of carbonyl (C=O) groups is 5. The molecule has 0 bridgehead atoms. The molecular formula is C24H35N5O6. The van der Waals surface area contributed by atoms with E-state index in [4.69, 9.17) is 11.5 Å². The topological polar surface area (TPSA) is 185 Å². The van der Waals surface area contributed by atoms with E-state index in [2.05, 4.69) is 10.6 Å². The van der Waals surface area contributed by atoms with Crippen molar-refractivity contribution in [1.82, 2.24) is 15.5 Å². The van der Waals surface area contributed by atoms with E-state index in [1.807, 2.05) is 13.8 Å². The van der Waals surface area contributed by atoms with Crippen LogP contribution in [0.15, 0.2) is 30.3 Å². The lowest BCUT2D eigenvalue weighted by molar-refractivity contribution is -0.145. The first-order valence-corrected chi connectivity index (χ1v) is 11.7. The van der Waals surface area contributed by atoms with Crippen molar-refractivity contribution in [3.8, 4) is 0 Å². The van der Waals surface area contributed by atoms with Gasteiger partial charge in [0.25, 0.3) is 0 Å². The van der Waals surface area contributed by atoms with Crippen LogP contribution in [-0.4, -0.2) is 70.3 Å². The molecule has 4 unspecified atom stereocenters. The summed E-state index contributed by atoms with van der Waals surface area (Å²) in [6.45, 7) is 4.01. The molecule has 1 fully saturated rings. The van der Waals surface area contributed by atoms with Crippen LogP contribution in [0.1, 0.15) is 45.1 Å². The lowest BCUT2D eigenvalue weighted by atomic mass is 10.0. The number of aliphatic carboxylic acids is 1. The molecule has 0 saturated carbocycles. The monoisotopic (exact) mass is 489 g/mol. The van der Waals surface area contributed by atoms with Gasteiger partial charge in [-0.1, -0.05) is 44.2 Å². The van der Waals surface area contributed by atoms with Gasteiger partial charge in [0.1, 0.15) is 18.1 Å². The second kappa shape index (κ2) is 12.8. The quantitative estimate of drug-likeness (QED) is 0.262. The lowest BCUT2D eigenvalue weighted by Gasteiger charge is -2.29. The van der Waals surface area contributed by atoms with Crippen molar-refractivity contribution >= 4 is 29.6 Å². The number of hydrogen-bond donors (Lipinski definition) is 5. The molecule has 11 heteroatoms. The largest absolute Gasteiger partial charge is 0.480 e. The highest BCUT2D eigenvalue weighted by atomic mass is 16.4. The number of nitrogens with one attached hydrogen (secondary N) is 2. The number of likely N-dealkylation sites (tertiary alicyclic amines) is 1. The van der Waals surface area contributed by atoms with Gasteiger partial charge in [-0.15, -0.1) is 0 Å². The summed E-state index contributed by atoms with van der Waals surface area (Å²) >= 11 is 0. The van der Waals surface area contributed by atoms with Crippen LogP contribution in [0.4, 0.5) is 0 Å². The Morgan fingerprint density at radius 2 is 1.74 bits per heavy atom. The minimum absolute atomic E-state index is 0.0800. The summed E-state index contributed by atoms with van der Waals surface area (Å²) in [7, 11) is 0.